The van der Waals surface area contributed by atoms with Crippen LogP contribution in [-0.4, -0.2) is 34.0 Å². The van der Waals surface area contributed by atoms with Crippen molar-refractivity contribution in [3.63, 3.8) is 0 Å². The highest BCUT2D eigenvalue weighted by Crippen LogP contribution is 2.28. The van der Waals surface area contributed by atoms with Crippen molar-refractivity contribution < 1.29 is 8.42 Å². The Hall–Kier alpha value is -2.84. The number of nitrogens with zero attached hydrogens (tertiary/aromatic N) is 4. The van der Waals surface area contributed by atoms with Gasteiger partial charge in [-0.05, 0) is 74.9 Å². The van der Waals surface area contributed by atoms with E-state index in [1.165, 1.54) is 17.6 Å². The van der Waals surface area contributed by atoms with Gasteiger partial charge in [0.1, 0.15) is 0 Å². The average molecular weight is 467 g/mol. The third kappa shape index (κ3) is 4.52. The maximum Gasteiger partial charge on any atom is 0.191 e. The van der Waals surface area contributed by atoms with Crippen LogP contribution in [0.15, 0.2) is 70.7 Å². The summed E-state index contributed by atoms with van der Waals surface area (Å²) < 4.78 is 27.6. The minimum Gasteiger partial charge on any atom is -0.319 e. The molecule has 32 heavy (non-hydrogen) atoms. The van der Waals surface area contributed by atoms with E-state index in [1.54, 1.807) is 23.9 Å². The number of benzene rings is 2. The van der Waals surface area contributed by atoms with Crippen LogP contribution in [0.25, 0.3) is 17.1 Å². The Kier molecular flexibility index (Phi) is 6.26. The molecule has 0 spiro atoms. The van der Waals surface area contributed by atoms with E-state index in [0.717, 1.165) is 34.3 Å². The van der Waals surface area contributed by atoms with E-state index in [-0.39, 0.29) is 0 Å². The molecule has 0 radical (unpaired) electrons. The molecule has 0 N–H and O–H groups in total. The number of hydrogen-bond acceptors (Lipinski definition) is 5. The lowest BCUT2D eigenvalue weighted by Gasteiger charge is -2.11. The lowest BCUT2D eigenvalue weighted by atomic mass is 10.2. The van der Waals surface area contributed by atoms with Crippen molar-refractivity contribution in [2.24, 2.45) is 0 Å². The number of thioether (sulfide) groups is 1. The minimum atomic E-state index is -3.18. The normalized spacial score (nSPS) is 11.8. The van der Waals surface area contributed by atoms with Gasteiger partial charge in [-0.3, -0.25) is 0 Å². The summed E-state index contributed by atoms with van der Waals surface area (Å²) in [5.41, 5.74) is 5.60. The molecule has 0 atom stereocenters. The molecule has 8 heteroatoms. The lowest BCUT2D eigenvalue weighted by Crippen LogP contribution is -2.01. The van der Waals surface area contributed by atoms with Gasteiger partial charge >= 0.3 is 0 Å². The average Bonchev–Trinajstić information content (AvgIpc) is 3.34. The summed E-state index contributed by atoms with van der Waals surface area (Å²) in [5.74, 6) is 1.53. The molecule has 6 nitrogen and oxygen atoms in total. The van der Waals surface area contributed by atoms with Gasteiger partial charge in [-0.2, -0.15) is 0 Å². The standard InChI is InChI=1S/C24H26N4O2S2/c1-5-27-23(20-10-12-21(13-11-20)28-17(2)6-7-18(28)3)25-26-24(27)31-16-19-8-14-22(15-9-19)32(4,29)30/h6-15H,5,16H2,1-4H3. The fourth-order valence-electron chi connectivity index (χ4n) is 3.71. The Labute approximate surface area is 193 Å². The Balaban J connectivity index is 1.53. The van der Waals surface area contributed by atoms with E-state index in [9.17, 15) is 8.42 Å². The van der Waals surface area contributed by atoms with Gasteiger partial charge in [-0.15, -0.1) is 10.2 Å². The van der Waals surface area contributed by atoms with Gasteiger partial charge in [0, 0.05) is 41.2 Å². The quantitative estimate of drug-likeness (QED) is 0.356. The van der Waals surface area contributed by atoms with Crippen molar-refractivity contribution in [2.45, 2.75) is 43.1 Å². The molecule has 166 valence electrons. The molecule has 2 aromatic heterocycles. The number of sulfone groups is 1. The lowest BCUT2D eigenvalue weighted by molar-refractivity contribution is 0.602. The predicted octanol–water partition coefficient (Wildman–Crippen LogP) is 5.07. The van der Waals surface area contributed by atoms with Crippen molar-refractivity contribution in [1.82, 2.24) is 19.3 Å². The van der Waals surface area contributed by atoms with E-state index in [2.05, 4.69) is 76.5 Å². The summed E-state index contributed by atoms with van der Waals surface area (Å²) >= 11 is 1.59. The van der Waals surface area contributed by atoms with Crippen molar-refractivity contribution >= 4 is 21.6 Å². The van der Waals surface area contributed by atoms with Gasteiger partial charge in [0.25, 0.3) is 0 Å². The zero-order valence-corrected chi connectivity index (χ0v) is 20.2. The number of hydrogen-bond donors (Lipinski definition) is 0. The Morgan fingerprint density at radius 2 is 1.50 bits per heavy atom. The first-order valence-corrected chi connectivity index (χ1v) is 13.3. The molecule has 0 saturated heterocycles. The Morgan fingerprint density at radius 3 is 2.06 bits per heavy atom. The van der Waals surface area contributed by atoms with Gasteiger partial charge in [0.15, 0.2) is 20.8 Å². The fraction of sp³-hybridized carbons (Fsp3) is 0.250. The van der Waals surface area contributed by atoms with Gasteiger partial charge < -0.3 is 9.13 Å². The zero-order valence-electron chi connectivity index (χ0n) is 18.6. The molecular weight excluding hydrogens is 440 g/mol. The Bertz CT molecular complexity index is 1320. The van der Waals surface area contributed by atoms with Crippen molar-refractivity contribution in [3.05, 3.63) is 77.6 Å². The molecule has 0 saturated carbocycles. The number of aromatic nitrogens is 4. The highest BCUT2D eigenvalue weighted by Gasteiger charge is 2.14. The van der Waals surface area contributed by atoms with Crippen LogP contribution in [-0.2, 0) is 22.1 Å². The predicted molar refractivity (Wildman–Crippen MR) is 129 cm³/mol. The van der Waals surface area contributed by atoms with Crippen molar-refractivity contribution in [2.75, 3.05) is 6.26 Å². The zero-order chi connectivity index (χ0) is 22.9. The fourth-order valence-corrected chi connectivity index (χ4v) is 5.30. The topological polar surface area (TPSA) is 69.8 Å². The van der Waals surface area contributed by atoms with E-state index in [0.29, 0.717) is 10.6 Å². The smallest absolute Gasteiger partial charge is 0.191 e. The minimum absolute atomic E-state index is 0.332. The van der Waals surface area contributed by atoms with Crippen LogP contribution in [0, 0.1) is 13.8 Å². The van der Waals surface area contributed by atoms with Crippen LogP contribution >= 0.6 is 11.8 Å². The van der Waals surface area contributed by atoms with Crippen LogP contribution in [0.2, 0.25) is 0 Å². The first-order chi connectivity index (χ1) is 15.3. The van der Waals surface area contributed by atoms with E-state index in [4.69, 9.17) is 0 Å². The first-order valence-electron chi connectivity index (χ1n) is 10.4. The van der Waals surface area contributed by atoms with E-state index in [1.807, 2.05) is 12.1 Å². The third-order valence-electron chi connectivity index (χ3n) is 5.41. The molecule has 0 amide bonds. The summed E-state index contributed by atoms with van der Waals surface area (Å²) in [6.45, 7) is 7.05. The second-order valence-corrected chi connectivity index (χ2v) is 10.7. The first kappa shape index (κ1) is 22.4. The molecule has 0 aliphatic rings. The van der Waals surface area contributed by atoms with Crippen molar-refractivity contribution in [3.8, 4) is 17.1 Å². The largest absolute Gasteiger partial charge is 0.319 e. The molecule has 2 aromatic carbocycles. The van der Waals surface area contributed by atoms with E-state index < -0.39 is 9.84 Å². The summed E-state index contributed by atoms with van der Waals surface area (Å²) in [7, 11) is -3.18. The summed E-state index contributed by atoms with van der Waals surface area (Å²) in [4.78, 5) is 0.332. The number of aryl methyl sites for hydroxylation is 2. The van der Waals surface area contributed by atoms with Crippen LogP contribution in [0.1, 0.15) is 23.9 Å². The Morgan fingerprint density at radius 1 is 0.875 bits per heavy atom. The molecule has 0 aliphatic heterocycles. The molecule has 2 heterocycles. The van der Waals surface area contributed by atoms with Gasteiger partial charge in [-0.1, -0.05) is 23.9 Å². The highest BCUT2D eigenvalue weighted by molar-refractivity contribution is 7.98. The summed E-state index contributed by atoms with van der Waals surface area (Å²) in [6.07, 6.45) is 1.22. The van der Waals surface area contributed by atoms with E-state index >= 15 is 0 Å². The van der Waals surface area contributed by atoms with Crippen LogP contribution in [0.5, 0.6) is 0 Å². The van der Waals surface area contributed by atoms with Gasteiger partial charge in [-0.25, -0.2) is 8.42 Å². The highest BCUT2D eigenvalue weighted by atomic mass is 32.2. The van der Waals surface area contributed by atoms with Crippen LogP contribution in [0.4, 0.5) is 0 Å². The molecule has 0 aliphatic carbocycles. The van der Waals surface area contributed by atoms with Crippen LogP contribution in [0.3, 0.4) is 0 Å². The van der Waals surface area contributed by atoms with Gasteiger partial charge in [0.05, 0.1) is 4.90 Å². The molecule has 4 aromatic rings. The van der Waals surface area contributed by atoms with Crippen LogP contribution < -0.4 is 0 Å². The number of rotatable bonds is 7. The molecule has 0 fully saturated rings. The molecule has 4 rings (SSSR count). The maximum atomic E-state index is 11.6. The summed E-state index contributed by atoms with van der Waals surface area (Å²) in [6, 6.07) is 19.6. The summed E-state index contributed by atoms with van der Waals surface area (Å²) in [5, 5.41) is 9.70. The second-order valence-electron chi connectivity index (χ2n) is 7.75. The third-order valence-corrected chi connectivity index (χ3v) is 7.57. The maximum absolute atomic E-state index is 11.6. The molecule has 0 unspecified atom stereocenters. The second kappa shape index (κ2) is 8.96. The molecule has 0 bridgehead atoms. The van der Waals surface area contributed by atoms with Crippen molar-refractivity contribution in [1.29, 1.82) is 0 Å². The van der Waals surface area contributed by atoms with Gasteiger partial charge in [0.2, 0.25) is 0 Å². The molecular formula is C24H26N4O2S2. The SMILES string of the molecule is CCn1c(SCc2ccc(S(C)(=O)=O)cc2)nnc1-c1ccc(-n2c(C)ccc2C)cc1. The monoisotopic (exact) mass is 466 g/mol.